The molecule has 1 aromatic carbocycles. The third-order valence-corrected chi connectivity index (χ3v) is 5.31. The second-order valence-electron chi connectivity index (χ2n) is 6.26. The van der Waals surface area contributed by atoms with Crippen LogP contribution in [0.2, 0.25) is 0 Å². The summed E-state index contributed by atoms with van der Waals surface area (Å²) in [6.07, 6.45) is 0.893. The fraction of sp³-hybridized carbons (Fsp3) is 0.368. The van der Waals surface area contributed by atoms with E-state index >= 15 is 0 Å². The fourth-order valence-corrected chi connectivity index (χ4v) is 3.58. The first-order valence-corrected chi connectivity index (χ1v) is 9.52. The molecule has 5 nitrogen and oxygen atoms in total. The van der Waals surface area contributed by atoms with Crippen LogP contribution < -0.4 is 10.2 Å². The topological polar surface area (TPSA) is 52.7 Å². The number of hydrogen-bond acceptors (Lipinski definition) is 3. The summed E-state index contributed by atoms with van der Waals surface area (Å²) < 4.78 is 0. The Morgan fingerprint density at radius 1 is 1.40 bits per heavy atom. The first-order valence-electron chi connectivity index (χ1n) is 8.57. The third-order valence-electron chi connectivity index (χ3n) is 4.58. The SMILES string of the molecule is CC[C@H](C)N(Cc1ccsc1)C(=O)c1cccc(N2CCNC2=O)c1. The number of amides is 3. The molecule has 3 rings (SSSR count). The van der Waals surface area contributed by atoms with Crippen molar-refractivity contribution in [2.45, 2.75) is 32.9 Å². The number of urea groups is 1. The van der Waals surface area contributed by atoms with Crippen molar-refractivity contribution in [3.63, 3.8) is 0 Å². The summed E-state index contributed by atoms with van der Waals surface area (Å²) in [5, 5.41) is 6.90. The van der Waals surface area contributed by atoms with E-state index in [-0.39, 0.29) is 18.0 Å². The standard InChI is InChI=1S/C19H23N3O2S/c1-3-14(2)22(12-15-7-10-25-13-15)18(23)16-5-4-6-17(11-16)21-9-8-20-19(21)24/h4-7,10-11,13-14H,3,8-9,12H2,1-2H3,(H,20,24)/t14-/m0/s1. The zero-order valence-corrected chi connectivity index (χ0v) is 15.4. The zero-order valence-electron chi connectivity index (χ0n) is 14.6. The van der Waals surface area contributed by atoms with Gasteiger partial charge in [-0.3, -0.25) is 9.69 Å². The summed E-state index contributed by atoms with van der Waals surface area (Å²) in [6.45, 7) is 6.02. The molecule has 0 spiro atoms. The van der Waals surface area contributed by atoms with Crippen LogP contribution in [0.3, 0.4) is 0 Å². The van der Waals surface area contributed by atoms with Crippen LogP contribution in [0.15, 0.2) is 41.1 Å². The number of benzene rings is 1. The van der Waals surface area contributed by atoms with E-state index in [1.807, 2.05) is 34.5 Å². The van der Waals surface area contributed by atoms with Crippen molar-refractivity contribution in [2.24, 2.45) is 0 Å². The number of nitrogens with zero attached hydrogens (tertiary/aromatic N) is 2. The number of thiophene rings is 1. The van der Waals surface area contributed by atoms with E-state index in [9.17, 15) is 9.59 Å². The van der Waals surface area contributed by atoms with E-state index < -0.39 is 0 Å². The largest absolute Gasteiger partial charge is 0.336 e. The van der Waals surface area contributed by atoms with Crippen LogP contribution in [-0.4, -0.2) is 36.0 Å². The maximum absolute atomic E-state index is 13.1. The monoisotopic (exact) mass is 357 g/mol. The first kappa shape index (κ1) is 17.5. The van der Waals surface area contributed by atoms with Crippen molar-refractivity contribution in [1.82, 2.24) is 10.2 Å². The Bertz CT molecular complexity index is 745. The molecule has 25 heavy (non-hydrogen) atoms. The van der Waals surface area contributed by atoms with Crippen molar-refractivity contribution >= 4 is 29.0 Å². The maximum Gasteiger partial charge on any atom is 0.321 e. The van der Waals surface area contributed by atoms with Gasteiger partial charge in [-0.2, -0.15) is 11.3 Å². The van der Waals surface area contributed by atoms with Crippen LogP contribution in [0.1, 0.15) is 36.2 Å². The molecule has 1 aromatic heterocycles. The van der Waals surface area contributed by atoms with Gasteiger partial charge < -0.3 is 10.2 Å². The third kappa shape index (κ3) is 3.85. The molecule has 2 heterocycles. The number of carbonyl (C=O) groups is 2. The van der Waals surface area contributed by atoms with Gasteiger partial charge in [-0.15, -0.1) is 0 Å². The van der Waals surface area contributed by atoms with E-state index in [4.69, 9.17) is 0 Å². The first-order chi connectivity index (χ1) is 12.1. The molecule has 3 amide bonds. The number of nitrogens with one attached hydrogen (secondary N) is 1. The van der Waals surface area contributed by atoms with Crippen LogP contribution in [-0.2, 0) is 6.54 Å². The van der Waals surface area contributed by atoms with Crippen molar-refractivity contribution in [1.29, 1.82) is 0 Å². The average molecular weight is 357 g/mol. The lowest BCUT2D eigenvalue weighted by Crippen LogP contribution is -2.37. The molecule has 0 unspecified atom stereocenters. The zero-order chi connectivity index (χ0) is 17.8. The lowest BCUT2D eigenvalue weighted by atomic mass is 10.1. The molecule has 1 fully saturated rings. The summed E-state index contributed by atoms with van der Waals surface area (Å²) in [6, 6.07) is 9.44. The van der Waals surface area contributed by atoms with Gasteiger partial charge in [0, 0.05) is 36.9 Å². The van der Waals surface area contributed by atoms with Gasteiger partial charge in [-0.1, -0.05) is 13.0 Å². The van der Waals surface area contributed by atoms with Crippen LogP contribution in [0, 0.1) is 0 Å². The molecular weight excluding hydrogens is 334 g/mol. The molecule has 1 aliphatic rings. The second kappa shape index (κ2) is 7.70. The molecule has 0 saturated carbocycles. The van der Waals surface area contributed by atoms with E-state index in [1.54, 1.807) is 16.2 Å². The Labute approximate surface area is 152 Å². The van der Waals surface area contributed by atoms with Crippen molar-refractivity contribution in [3.05, 3.63) is 52.2 Å². The van der Waals surface area contributed by atoms with Gasteiger partial charge in [0.05, 0.1) is 0 Å². The molecule has 0 aliphatic carbocycles. The molecule has 132 valence electrons. The highest BCUT2D eigenvalue weighted by Gasteiger charge is 2.24. The van der Waals surface area contributed by atoms with E-state index in [0.717, 1.165) is 17.7 Å². The predicted octanol–water partition coefficient (Wildman–Crippen LogP) is 3.72. The van der Waals surface area contributed by atoms with Crippen LogP contribution in [0.5, 0.6) is 0 Å². The summed E-state index contributed by atoms with van der Waals surface area (Å²) in [5.74, 6) is 0.00186. The average Bonchev–Trinajstić information content (AvgIpc) is 3.30. The van der Waals surface area contributed by atoms with Crippen molar-refractivity contribution in [3.8, 4) is 0 Å². The number of anilines is 1. The van der Waals surface area contributed by atoms with Crippen LogP contribution >= 0.6 is 11.3 Å². The lowest BCUT2D eigenvalue weighted by Gasteiger charge is -2.29. The summed E-state index contributed by atoms with van der Waals surface area (Å²) in [7, 11) is 0. The Kier molecular flexibility index (Phi) is 5.38. The predicted molar refractivity (Wildman–Crippen MR) is 101 cm³/mol. The Morgan fingerprint density at radius 3 is 2.88 bits per heavy atom. The molecule has 0 radical (unpaired) electrons. The van der Waals surface area contributed by atoms with Gasteiger partial charge in [0.2, 0.25) is 0 Å². The van der Waals surface area contributed by atoms with Crippen LogP contribution in [0.4, 0.5) is 10.5 Å². The maximum atomic E-state index is 13.1. The Hall–Kier alpha value is -2.34. The highest BCUT2D eigenvalue weighted by Crippen LogP contribution is 2.22. The number of carbonyl (C=O) groups excluding carboxylic acids is 2. The lowest BCUT2D eigenvalue weighted by molar-refractivity contribution is 0.0672. The highest BCUT2D eigenvalue weighted by atomic mass is 32.1. The summed E-state index contributed by atoms with van der Waals surface area (Å²) in [4.78, 5) is 28.6. The highest BCUT2D eigenvalue weighted by molar-refractivity contribution is 7.07. The second-order valence-corrected chi connectivity index (χ2v) is 7.04. The smallest absolute Gasteiger partial charge is 0.321 e. The van der Waals surface area contributed by atoms with E-state index in [1.165, 1.54) is 0 Å². The van der Waals surface area contributed by atoms with Gasteiger partial charge in [0.1, 0.15) is 0 Å². The minimum Gasteiger partial charge on any atom is -0.336 e. The van der Waals surface area contributed by atoms with Gasteiger partial charge in [0.25, 0.3) is 5.91 Å². The molecular formula is C19H23N3O2S. The van der Waals surface area contributed by atoms with Gasteiger partial charge in [0.15, 0.2) is 0 Å². The Morgan fingerprint density at radius 2 is 2.24 bits per heavy atom. The van der Waals surface area contributed by atoms with E-state index in [2.05, 4.69) is 30.6 Å². The van der Waals surface area contributed by atoms with Gasteiger partial charge in [-0.25, -0.2) is 4.79 Å². The van der Waals surface area contributed by atoms with Crippen molar-refractivity contribution in [2.75, 3.05) is 18.0 Å². The normalized spacial score (nSPS) is 15.1. The summed E-state index contributed by atoms with van der Waals surface area (Å²) in [5.41, 5.74) is 2.53. The van der Waals surface area contributed by atoms with Gasteiger partial charge >= 0.3 is 6.03 Å². The Balaban J connectivity index is 1.85. The molecule has 1 saturated heterocycles. The molecule has 1 N–H and O–H groups in total. The van der Waals surface area contributed by atoms with Crippen LogP contribution in [0.25, 0.3) is 0 Å². The molecule has 0 bridgehead atoms. The quantitative estimate of drug-likeness (QED) is 0.857. The minimum atomic E-state index is -0.110. The molecule has 6 heteroatoms. The minimum absolute atomic E-state index is 0.00186. The number of rotatable bonds is 6. The number of hydrogen-bond donors (Lipinski definition) is 1. The van der Waals surface area contributed by atoms with E-state index in [0.29, 0.717) is 25.2 Å². The van der Waals surface area contributed by atoms with Gasteiger partial charge in [-0.05, 0) is 53.9 Å². The fourth-order valence-electron chi connectivity index (χ4n) is 2.92. The molecule has 1 atom stereocenters. The molecule has 2 aromatic rings. The summed E-state index contributed by atoms with van der Waals surface area (Å²) >= 11 is 1.64. The van der Waals surface area contributed by atoms with Crippen molar-refractivity contribution < 1.29 is 9.59 Å². The molecule has 1 aliphatic heterocycles.